The van der Waals surface area contributed by atoms with Crippen LogP contribution >= 0.6 is 0 Å². The summed E-state index contributed by atoms with van der Waals surface area (Å²) in [5.41, 5.74) is -0.530. The molecule has 1 atom stereocenters. The fraction of sp³-hybridized carbons (Fsp3) is 0.818. The van der Waals surface area contributed by atoms with Gasteiger partial charge in [0.25, 0.3) is 0 Å². The van der Waals surface area contributed by atoms with Crippen LogP contribution in [0.3, 0.4) is 0 Å². The van der Waals surface area contributed by atoms with E-state index in [1.807, 2.05) is 20.8 Å². The summed E-state index contributed by atoms with van der Waals surface area (Å²) >= 11 is 0. The second-order valence-electron chi connectivity index (χ2n) is 3.88. The highest BCUT2D eigenvalue weighted by molar-refractivity contribution is 5.94. The van der Waals surface area contributed by atoms with Crippen molar-refractivity contribution in [1.29, 1.82) is 0 Å². The van der Waals surface area contributed by atoms with Gasteiger partial charge in [-0.15, -0.1) is 0 Å². The zero-order valence-electron chi connectivity index (χ0n) is 9.87. The summed E-state index contributed by atoms with van der Waals surface area (Å²) in [6.45, 7) is 7.47. The molecule has 0 aromatic rings. The first-order chi connectivity index (χ1) is 6.92. The lowest BCUT2D eigenvalue weighted by Gasteiger charge is -2.31. The number of hydrogen-bond donors (Lipinski definition) is 1. The number of carboxylic acids is 1. The van der Waals surface area contributed by atoms with E-state index in [1.54, 1.807) is 6.92 Å². The minimum absolute atomic E-state index is 0.214. The third kappa shape index (κ3) is 3.22. The topological polar surface area (TPSA) is 63.6 Å². The highest BCUT2D eigenvalue weighted by Gasteiger charge is 2.42. The standard InChI is InChI=1S/C11H20O4/c1-5-11(4,6-2)8(9(12)13)10(14)15-7-3/h8H,5-7H2,1-4H3,(H,12,13)/t8-/m1/s1. The van der Waals surface area contributed by atoms with Crippen molar-refractivity contribution >= 4 is 11.9 Å². The molecule has 0 rings (SSSR count). The van der Waals surface area contributed by atoms with Crippen molar-refractivity contribution in [2.75, 3.05) is 6.61 Å². The Morgan fingerprint density at radius 2 is 1.73 bits per heavy atom. The van der Waals surface area contributed by atoms with Gasteiger partial charge in [-0.05, 0) is 25.2 Å². The Bertz CT molecular complexity index is 231. The highest BCUT2D eigenvalue weighted by atomic mass is 16.5. The van der Waals surface area contributed by atoms with Crippen LogP contribution < -0.4 is 0 Å². The van der Waals surface area contributed by atoms with Crippen LogP contribution in [0.4, 0.5) is 0 Å². The molecule has 0 heterocycles. The lowest BCUT2D eigenvalue weighted by atomic mass is 9.73. The van der Waals surface area contributed by atoms with E-state index in [-0.39, 0.29) is 6.61 Å². The summed E-state index contributed by atoms with van der Waals surface area (Å²) in [5, 5.41) is 9.07. The fourth-order valence-corrected chi connectivity index (χ4v) is 1.57. The molecule has 4 nitrogen and oxygen atoms in total. The van der Waals surface area contributed by atoms with E-state index >= 15 is 0 Å². The van der Waals surface area contributed by atoms with Crippen LogP contribution in [0.15, 0.2) is 0 Å². The van der Waals surface area contributed by atoms with Crippen LogP contribution in [0.2, 0.25) is 0 Å². The van der Waals surface area contributed by atoms with Gasteiger partial charge in [0.1, 0.15) is 0 Å². The Morgan fingerprint density at radius 1 is 1.27 bits per heavy atom. The monoisotopic (exact) mass is 216 g/mol. The van der Waals surface area contributed by atoms with Crippen LogP contribution in [0.5, 0.6) is 0 Å². The van der Waals surface area contributed by atoms with E-state index in [0.717, 1.165) is 0 Å². The van der Waals surface area contributed by atoms with E-state index < -0.39 is 23.3 Å². The Kier molecular flexibility index (Phi) is 5.33. The van der Waals surface area contributed by atoms with Gasteiger partial charge in [0.05, 0.1) is 6.61 Å². The third-order valence-corrected chi connectivity index (χ3v) is 3.08. The predicted octanol–water partition coefficient (Wildman–Crippen LogP) is 2.08. The lowest BCUT2D eigenvalue weighted by Crippen LogP contribution is -2.39. The minimum atomic E-state index is -1.10. The van der Waals surface area contributed by atoms with Crippen molar-refractivity contribution in [2.24, 2.45) is 11.3 Å². The van der Waals surface area contributed by atoms with Crippen LogP contribution in [0.1, 0.15) is 40.5 Å². The van der Waals surface area contributed by atoms with E-state index in [4.69, 9.17) is 9.84 Å². The molecule has 4 heteroatoms. The first kappa shape index (κ1) is 13.9. The Hall–Kier alpha value is -1.06. The first-order valence-electron chi connectivity index (χ1n) is 5.32. The maximum Gasteiger partial charge on any atom is 0.320 e. The molecule has 88 valence electrons. The second kappa shape index (κ2) is 5.73. The summed E-state index contributed by atoms with van der Waals surface area (Å²) in [4.78, 5) is 22.6. The van der Waals surface area contributed by atoms with E-state index in [9.17, 15) is 9.59 Å². The van der Waals surface area contributed by atoms with Crippen molar-refractivity contribution in [3.63, 3.8) is 0 Å². The first-order valence-corrected chi connectivity index (χ1v) is 5.32. The Labute approximate surface area is 90.6 Å². The smallest absolute Gasteiger partial charge is 0.320 e. The van der Waals surface area contributed by atoms with Gasteiger partial charge in [-0.25, -0.2) is 0 Å². The Balaban J connectivity index is 4.95. The van der Waals surface area contributed by atoms with Gasteiger partial charge < -0.3 is 9.84 Å². The number of aliphatic carboxylic acids is 1. The van der Waals surface area contributed by atoms with Crippen LogP contribution in [-0.2, 0) is 14.3 Å². The summed E-state index contributed by atoms with van der Waals surface area (Å²) in [7, 11) is 0. The van der Waals surface area contributed by atoms with Crippen molar-refractivity contribution in [3.05, 3.63) is 0 Å². The second-order valence-corrected chi connectivity index (χ2v) is 3.88. The average Bonchev–Trinajstić information content (AvgIpc) is 2.17. The minimum Gasteiger partial charge on any atom is -0.481 e. The number of carbonyl (C=O) groups is 2. The van der Waals surface area contributed by atoms with Gasteiger partial charge in [-0.2, -0.15) is 0 Å². The molecule has 0 amide bonds. The predicted molar refractivity (Wildman–Crippen MR) is 56.4 cm³/mol. The van der Waals surface area contributed by atoms with E-state index in [0.29, 0.717) is 12.8 Å². The highest BCUT2D eigenvalue weighted by Crippen LogP contribution is 2.35. The molecule has 0 aromatic heterocycles. The van der Waals surface area contributed by atoms with Crippen molar-refractivity contribution in [3.8, 4) is 0 Å². The molecule has 0 aliphatic rings. The van der Waals surface area contributed by atoms with Gasteiger partial charge in [0, 0.05) is 0 Å². The molecule has 0 aliphatic heterocycles. The molecule has 0 aromatic carbocycles. The zero-order valence-corrected chi connectivity index (χ0v) is 9.87. The van der Waals surface area contributed by atoms with Gasteiger partial charge in [0.2, 0.25) is 0 Å². The molecule has 0 aliphatic carbocycles. The largest absolute Gasteiger partial charge is 0.481 e. The summed E-state index contributed by atoms with van der Waals surface area (Å²) in [6.07, 6.45) is 1.28. The molecule has 15 heavy (non-hydrogen) atoms. The van der Waals surface area contributed by atoms with Crippen molar-refractivity contribution in [2.45, 2.75) is 40.5 Å². The van der Waals surface area contributed by atoms with Crippen LogP contribution in [0.25, 0.3) is 0 Å². The molecule has 0 unspecified atom stereocenters. The Morgan fingerprint density at radius 3 is 2.00 bits per heavy atom. The zero-order chi connectivity index (χ0) is 12.1. The molecular formula is C11H20O4. The molecule has 0 saturated heterocycles. The van der Waals surface area contributed by atoms with Crippen molar-refractivity contribution < 1.29 is 19.4 Å². The number of carboxylic acid groups (broad SMARTS) is 1. The van der Waals surface area contributed by atoms with Gasteiger partial charge >= 0.3 is 11.9 Å². The van der Waals surface area contributed by atoms with Crippen LogP contribution in [-0.4, -0.2) is 23.7 Å². The molecular weight excluding hydrogens is 196 g/mol. The third-order valence-electron chi connectivity index (χ3n) is 3.08. The van der Waals surface area contributed by atoms with Gasteiger partial charge in [0.15, 0.2) is 5.92 Å². The van der Waals surface area contributed by atoms with Gasteiger partial charge in [-0.3, -0.25) is 9.59 Å². The molecule has 0 fully saturated rings. The van der Waals surface area contributed by atoms with E-state index in [2.05, 4.69) is 0 Å². The van der Waals surface area contributed by atoms with Gasteiger partial charge in [-0.1, -0.05) is 20.8 Å². The number of carbonyl (C=O) groups excluding carboxylic acids is 1. The number of ether oxygens (including phenoxy) is 1. The maximum atomic E-state index is 11.5. The molecule has 0 bridgehead atoms. The van der Waals surface area contributed by atoms with E-state index in [1.165, 1.54) is 0 Å². The molecule has 0 saturated carbocycles. The molecule has 0 radical (unpaired) electrons. The fourth-order valence-electron chi connectivity index (χ4n) is 1.57. The maximum absolute atomic E-state index is 11.5. The summed E-state index contributed by atoms with van der Waals surface area (Å²) < 4.78 is 4.80. The number of esters is 1. The summed E-state index contributed by atoms with van der Waals surface area (Å²) in [5.74, 6) is -2.79. The molecule has 0 spiro atoms. The number of hydrogen-bond acceptors (Lipinski definition) is 3. The molecule has 1 N–H and O–H groups in total. The van der Waals surface area contributed by atoms with Crippen LogP contribution in [0, 0.1) is 11.3 Å². The lowest BCUT2D eigenvalue weighted by molar-refractivity contribution is -0.165. The average molecular weight is 216 g/mol. The number of rotatable bonds is 6. The SMILES string of the molecule is CCOC(=O)[C@@H](C(=O)O)C(C)(CC)CC. The summed E-state index contributed by atoms with van der Waals surface area (Å²) in [6, 6.07) is 0. The van der Waals surface area contributed by atoms with Crippen molar-refractivity contribution in [1.82, 2.24) is 0 Å². The quantitative estimate of drug-likeness (QED) is 0.545. The normalized spacial score (nSPS) is 13.3.